The largest absolute Gasteiger partial charge is 0.355 e. The lowest BCUT2D eigenvalue weighted by molar-refractivity contribution is 0.658. The Kier molecular flexibility index (Phi) is 3.83. The van der Waals surface area contributed by atoms with Gasteiger partial charge in [0.05, 0.1) is 11.6 Å². The summed E-state index contributed by atoms with van der Waals surface area (Å²) in [6.45, 7) is 0.749. The lowest BCUT2D eigenvalue weighted by atomic mass is 9.96. The van der Waals surface area contributed by atoms with Crippen LogP contribution in [0.2, 0.25) is 0 Å². The molecule has 0 atom stereocenters. The lowest BCUT2D eigenvalue weighted by Crippen LogP contribution is -2.22. The molecule has 0 unspecified atom stereocenters. The summed E-state index contributed by atoms with van der Waals surface area (Å²) in [6.07, 6.45) is 6.22. The normalized spacial score (nSPS) is 13.3. The standard InChI is InChI=1S/C17H18N4/c1-21(11-14-6-4-5-13(9-14)10-18)17-15-7-2-3-8-16(15)19-12-20-17/h4-6,9,12H,2-3,7-8,11H2,1H3. The number of fused-ring (bicyclic) bond motifs is 1. The molecule has 1 aliphatic rings. The number of rotatable bonds is 3. The average molecular weight is 278 g/mol. The monoisotopic (exact) mass is 278 g/mol. The van der Waals surface area contributed by atoms with E-state index in [2.05, 4.69) is 28.0 Å². The molecule has 21 heavy (non-hydrogen) atoms. The molecule has 0 saturated carbocycles. The van der Waals surface area contributed by atoms with Gasteiger partial charge < -0.3 is 4.90 Å². The molecule has 0 aliphatic heterocycles. The van der Waals surface area contributed by atoms with E-state index in [9.17, 15) is 0 Å². The molecule has 1 aromatic heterocycles. The second-order valence-electron chi connectivity index (χ2n) is 5.50. The van der Waals surface area contributed by atoms with Gasteiger partial charge in [0.2, 0.25) is 0 Å². The van der Waals surface area contributed by atoms with Crippen molar-refractivity contribution >= 4 is 5.82 Å². The molecule has 0 bridgehead atoms. The first-order chi connectivity index (χ1) is 10.3. The highest BCUT2D eigenvalue weighted by atomic mass is 15.2. The van der Waals surface area contributed by atoms with E-state index in [1.165, 1.54) is 24.1 Å². The minimum atomic E-state index is 0.700. The SMILES string of the molecule is CN(Cc1cccc(C#N)c1)c1ncnc2c1CCCC2. The fourth-order valence-corrected chi connectivity index (χ4v) is 2.92. The summed E-state index contributed by atoms with van der Waals surface area (Å²) in [5, 5.41) is 8.99. The molecule has 4 heteroatoms. The van der Waals surface area contributed by atoms with Gasteiger partial charge in [-0.1, -0.05) is 12.1 Å². The number of benzene rings is 1. The highest BCUT2D eigenvalue weighted by Crippen LogP contribution is 2.27. The van der Waals surface area contributed by atoms with Crippen LogP contribution in [0, 0.1) is 11.3 Å². The third-order valence-electron chi connectivity index (χ3n) is 3.94. The van der Waals surface area contributed by atoms with E-state index in [1.807, 2.05) is 24.3 Å². The van der Waals surface area contributed by atoms with Crippen LogP contribution in [-0.2, 0) is 19.4 Å². The van der Waals surface area contributed by atoms with Crippen molar-refractivity contribution in [2.24, 2.45) is 0 Å². The molecular weight excluding hydrogens is 260 g/mol. The van der Waals surface area contributed by atoms with Gasteiger partial charge in [0.25, 0.3) is 0 Å². The molecule has 4 nitrogen and oxygen atoms in total. The maximum absolute atomic E-state index is 8.99. The Bertz CT molecular complexity index is 687. The van der Waals surface area contributed by atoms with E-state index in [4.69, 9.17) is 5.26 Å². The van der Waals surface area contributed by atoms with Crippen molar-refractivity contribution in [3.63, 3.8) is 0 Å². The third kappa shape index (κ3) is 2.87. The van der Waals surface area contributed by atoms with Crippen LogP contribution in [0.25, 0.3) is 0 Å². The topological polar surface area (TPSA) is 52.8 Å². The molecule has 0 fully saturated rings. The maximum Gasteiger partial charge on any atom is 0.135 e. The molecule has 0 amide bonds. The van der Waals surface area contributed by atoms with E-state index in [0.29, 0.717) is 5.56 Å². The van der Waals surface area contributed by atoms with Gasteiger partial charge in [0.15, 0.2) is 0 Å². The summed E-state index contributed by atoms with van der Waals surface area (Å²) >= 11 is 0. The first kappa shape index (κ1) is 13.6. The number of hydrogen-bond acceptors (Lipinski definition) is 4. The molecule has 0 N–H and O–H groups in total. The summed E-state index contributed by atoms with van der Waals surface area (Å²) in [5.74, 6) is 1.03. The zero-order valence-electron chi connectivity index (χ0n) is 12.2. The Balaban J connectivity index is 1.85. The Morgan fingerprint density at radius 3 is 2.95 bits per heavy atom. The summed E-state index contributed by atoms with van der Waals surface area (Å²) in [5.41, 5.74) is 4.32. The number of aromatic nitrogens is 2. The predicted molar refractivity (Wildman–Crippen MR) is 81.9 cm³/mol. The summed E-state index contributed by atoms with van der Waals surface area (Å²) in [4.78, 5) is 11.1. The van der Waals surface area contributed by atoms with Gasteiger partial charge in [-0.2, -0.15) is 5.26 Å². The van der Waals surface area contributed by atoms with Crippen molar-refractivity contribution < 1.29 is 0 Å². The summed E-state index contributed by atoms with van der Waals surface area (Å²) in [6, 6.07) is 9.92. The quantitative estimate of drug-likeness (QED) is 0.866. The van der Waals surface area contributed by atoms with Gasteiger partial charge in [-0.25, -0.2) is 9.97 Å². The minimum absolute atomic E-state index is 0.700. The van der Waals surface area contributed by atoms with Crippen LogP contribution >= 0.6 is 0 Å². The number of anilines is 1. The van der Waals surface area contributed by atoms with Crippen molar-refractivity contribution in [3.05, 3.63) is 53.0 Å². The minimum Gasteiger partial charge on any atom is -0.355 e. The van der Waals surface area contributed by atoms with Crippen LogP contribution in [-0.4, -0.2) is 17.0 Å². The second kappa shape index (κ2) is 5.92. The maximum atomic E-state index is 8.99. The Morgan fingerprint density at radius 2 is 2.10 bits per heavy atom. The number of hydrogen-bond donors (Lipinski definition) is 0. The van der Waals surface area contributed by atoms with Gasteiger partial charge in [0, 0.05) is 24.8 Å². The highest BCUT2D eigenvalue weighted by Gasteiger charge is 2.17. The van der Waals surface area contributed by atoms with E-state index >= 15 is 0 Å². The van der Waals surface area contributed by atoms with Gasteiger partial charge >= 0.3 is 0 Å². The van der Waals surface area contributed by atoms with E-state index < -0.39 is 0 Å². The molecule has 1 heterocycles. The van der Waals surface area contributed by atoms with Crippen molar-refractivity contribution in [3.8, 4) is 6.07 Å². The third-order valence-corrected chi connectivity index (χ3v) is 3.94. The number of nitriles is 1. The number of nitrogens with zero attached hydrogens (tertiary/aromatic N) is 4. The molecule has 1 aliphatic carbocycles. The lowest BCUT2D eigenvalue weighted by Gasteiger charge is -2.24. The highest BCUT2D eigenvalue weighted by molar-refractivity contribution is 5.49. The Labute approximate surface area is 125 Å². The van der Waals surface area contributed by atoms with E-state index in [-0.39, 0.29) is 0 Å². The van der Waals surface area contributed by atoms with Crippen LogP contribution in [0.1, 0.15) is 35.2 Å². The van der Waals surface area contributed by atoms with Crippen LogP contribution in [0.4, 0.5) is 5.82 Å². The summed E-state index contributed by atoms with van der Waals surface area (Å²) in [7, 11) is 2.05. The van der Waals surface area contributed by atoms with Crippen molar-refractivity contribution in [2.45, 2.75) is 32.2 Å². The van der Waals surface area contributed by atoms with Crippen molar-refractivity contribution in [1.82, 2.24) is 9.97 Å². The molecule has 3 rings (SSSR count). The van der Waals surface area contributed by atoms with Gasteiger partial charge in [-0.05, 0) is 43.4 Å². The zero-order chi connectivity index (χ0) is 14.7. The van der Waals surface area contributed by atoms with E-state index in [1.54, 1.807) is 6.33 Å². The van der Waals surface area contributed by atoms with Crippen LogP contribution in [0.15, 0.2) is 30.6 Å². The first-order valence-electron chi connectivity index (χ1n) is 7.31. The van der Waals surface area contributed by atoms with Gasteiger partial charge in [0.1, 0.15) is 12.1 Å². The van der Waals surface area contributed by atoms with Crippen LogP contribution in [0.5, 0.6) is 0 Å². The van der Waals surface area contributed by atoms with Crippen molar-refractivity contribution in [2.75, 3.05) is 11.9 Å². The average Bonchev–Trinajstić information content (AvgIpc) is 2.54. The fourth-order valence-electron chi connectivity index (χ4n) is 2.92. The van der Waals surface area contributed by atoms with Crippen LogP contribution in [0.3, 0.4) is 0 Å². The molecule has 106 valence electrons. The molecule has 0 radical (unpaired) electrons. The molecular formula is C17H18N4. The second-order valence-corrected chi connectivity index (χ2v) is 5.50. The molecule has 0 spiro atoms. The Morgan fingerprint density at radius 1 is 1.24 bits per heavy atom. The number of aryl methyl sites for hydroxylation is 1. The van der Waals surface area contributed by atoms with Crippen LogP contribution < -0.4 is 4.90 Å². The smallest absolute Gasteiger partial charge is 0.135 e. The summed E-state index contributed by atoms with van der Waals surface area (Å²) < 4.78 is 0. The predicted octanol–water partition coefficient (Wildman–Crippen LogP) is 2.86. The molecule has 1 aromatic carbocycles. The van der Waals surface area contributed by atoms with E-state index in [0.717, 1.165) is 30.8 Å². The van der Waals surface area contributed by atoms with Crippen molar-refractivity contribution in [1.29, 1.82) is 5.26 Å². The Hall–Kier alpha value is -2.41. The zero-order valence-corrected chi connectivity index (χ0v) is 12.2. The fraction of sp³-hybridized carbons (Fsp3) is 0.353. The molecule has 0 saturated heterocycles. The molecule has 2 aromatic rings. The first-order valence-corrected chi connectivity index (χ1v) is 7.31. The van der Waals surface area contributed by atoms with Gasteiger partial charge in [-0.3, -0.25) is 0 Å². The van der Waals surface area contributed by atoms with Gasteiger partial charge in [-0.15, -0.1) is 0 Å².